The van der Waals surface area contributed by atoms with Crippen LogP contribution in [0.3, 0.4) is 0 Å². The average molecular weight is 264 g/mol. The molecule has 58 valence electrons. The van der Waals surface area contributed by atoms with E-state index in [1.165, 1.54) is 0 Å². The maximum Gasteiger partial charge on any atom is 0.196 e. The molecule has 3 rings (SSSR count). The Morgan fingerprint density at radius 3 is 1.60 bits per heavy atom. The van der Waals surface area contributed by atoms with E-state index >= 15 is 0 Å². The highest BCUT2D eigenvalue weighted by Gasteiger charge is 2.73. The molecule has 2 bridgehead atoms. The fraction of sp³-hybridized carbons (Fsp3) is 1.00. The van der Waals surface area contributed by atoms with Crippen molar-refractivity contribution in [3.8, 4) is 0 Å². The summed E-state index contributed by atoms with van der Waals surface area (Å²) in [4.78, 5) is 0. The van der Waals surface area contributed by atoms with Crippen LogP contribution < -0.4 is 0 Å². The van der Waals surface area contributed by atoms with Crippen LogP contribution in [0.1, 0.15) is 19.3 Å². The summed E-state index contributed by atoms with van der Waals surface area (Å²) >= 11 is 20.9. The zero-order valence-corrected chi connectivity index (χ0v) is 8.99. The number of hydrogen-bond acceptors (Lipinski definition) is 0. The van der Waals surface area contributed by atoms with Crippen LogP contribution in [0.15, 0.2) is 0 Å². The maximum atomic E-state index is 5.79. The second-order valence-electron chi connectivity index (χ2n) is 3.46. The van der Waals surface area contributed by atoms with Gasteiger partial charge in [0.1, 0.15) is 0 Å². The minimum Gasteiger partial charge on any atom is -0.0853 e. The molecule has 0 aromatic heterocycles. The Morgan fingerprint density at radius 1 is 1.10 bits per heavy atom. The van der Waals surface area contributed by atoms with E-state index in [1.807, 2.05) is 0 Å². The third-order valence-electron chi connectivity index (χ3n) is 2.57. The van der Waals surface area contributed by atoms with Crippen LogP contribution >= 0.6 is 50.7 Å². The van der Waals surface area contributed by atoms with Gasteiger partial charge in [0.25, 0.3) is 0 Å². The van der Waals surface area contributed by atoms with E-state index < -0.39 is 3.79 Å². The molecule has 3 aliphatic rings. The fourth-order valence-electron chi connectivity index (χ4n) is 1.96. The molecule has 3 saturated carbocycles. The summed E-state index contributed by atoms with van der Waals surface area (Å²) in [6, 6.07) is 0. The van der Waals surface area contributed by atoms with Gasteiger partial charge in [0, 0.05) is 9.74 Å². The van der Waals surface area contributed by atoms with Gasteiger partial charge in [-0.25, -0.2) is 0 Å². The molecule has 3 fully saturated rings. The first-order chi connectivity index (χ1) is 4.37. The van der Waals surface area contributed by atoms with Crippen LogP contribution in [-0.4, -0.2) is 8.12 Å². The fourth-order valence-corrected chi connectivity index (χ4v) is 4.18. The third kappa shape index (κ3) is 0.811. The summed E-state index contributed by atoms with van der Waals surface area (Å²) in [7, 11) is 0. The van der Waals surface area contributed by atoms with Gasteiger partial charge in [-0.3, -0.25) is 0 Å². The van der Waals surface area contributed by atoms with Crippen molar-refractivity contribution < 1.29 is 0 Å². The van der Waals surface area contributed by atoms with Crippen LogP contribution in [0.4, 0.5) is 0 Å². The topological polar surface area (TPSA) is 0 Å². The Labute approximate surface area is 83.3 Å². The van der Waals surface area contributed by atoms with Gasteiger partial charge < -0.3 is 0 Å². The highest BCUT2D eigenvalue weighted by atomic mass is 79.9. The van der Waals surface area contributed by atoms with Crippen molar-refractivity contribution in [2.24, 2.45) is 5.41 Å². The van der Waals surface area contributed by atoms with Crippen molar-refractivity contribution in [3.05, 3.63) is 0 Å². The smallest absolute Gasteiger partial charge is 0.0853 e. The predicted molar refractivity (Wildman–Crippen MR) is 48.2 cm³/mol. The van der Waals surface area contributed by atoms with Crippen molar-refractivity contribution in [1.82, 2.24) is 0 Å². The zero-order chi connectivity index (χ0) is 7.62. The second kappa shape index (κ2) is 1.81. The van der Waals surface area contributed by atoms with Gasteiger partial charge in [0.15, 0.2) is 3.79 Å². The minimum absolute atomic E-state index is 0.0150. The van der Waals surface area contributed by atoms with Gasteiger partial charge in [0.05, 0.1) is 0 Å². The second-order valence-corrected chi connectivity index (χ2v) is 7.42. The normalized spacial score (nSPS) is 51.6. The Kier molecular flexibility index (Phi) is 1.44. The average Bonchev–Trinajstić information content (AvgIpc) is 1.51. The Morgan fingerprint density at radius 2 is 1.50 bits per heavy atom. The van der Waals surface area contributed by atoms with Crippen molar-refractivity contribution in [1.29, 1.82) is 0 Å². The Bertz CT molecular complexity index is 164. The van der Waals surface area contributed by atoms with Gasteiger partial charge >= 0.3 is 0 Å². The first-order valence-electron chi connectivity index (χ1n) is 3.13. The van der Waals surface area contributed by atoms with Crippen LogP contribution in [0.5, 0.6) is 0 Å². The maximum absolute atomic E-state index is 5.79. The Hall–Kier alpha value is 1.35. The predicted octanol–water partition coefficient (Wildman–Crippen LogP) is 3.67. The van der Waals surface area contributed by atoms with E-state index in [-0.39, 0.29) is 5.41 Å². The van der Waals surface area contributed by atoms with Crippen molar-refractivity contribution in [3.63, 3.8) is 0 Å². The molecule has 4 heteroatoms. The largest absolute Gasteiger partial charge is 0.196 e. The molecule has 0 atom stereocenters. The lowest BCUT2D eigenvalue weighted by Crippen LogP contribution is -2.68. The van der Waals surface area contributed by atoms with Gasteiger partial charge in [-0.2, -0.15) is 0 Å². The molecule has 0 saturated heterocycles. The molecule has 0 unspecified atom stereocenters. The van der Waals surface area contributed by atoms with Crippen LogP contribution in [-0.2, 0) is 0 Å². The SMILES string of the molecule is ClC(Cl)(Cl)C12CC(Br)(C1)C2. The Balaban J connectivity index is 2.11. The first-order valence-corrected chi connectivity index (χ1v) is 5.05. The molecule has 0 nitrogen and oxygen atoms in total. The molecule has 3 aliphatic carbocycles. The van der Waals surface area contributed by atoms with Crippen LogP contribution in [0.25, 0.3) is 0 Å². The summed E-state index contributed by atoms with van der Waals surface area (Å²) < 4.78 is -0.695. The van der Waals surface area contributed by atoms with E-state index in [0.717, 1.165) is 19.3 Å². The van der Waals surface area contributed by atoms with Gasteiger partial charge in [0.2, 0.25) is 0 Å². The lowest BCUT2D eigenvalue weighted by molar-refractivity contribution is -0.0654. The van der Waals surface area contributed by atoms with Gasteiger partial charge in [-0.05, 0) is 19.3 Å². The molecule has 10 heavy (non-hydrogen) atoms. The first kappa shape index (κ1) is 7.97. The van der Waals surface area contributed by atoms with Crippen molar-refractivity contribution >= 4 is 50.7 Å². The number of alkyl halides is 4. The minimum atomic E-state index is -1.04. The highest BCUT2D eigenvalue weighted by Crippen LogP contribution is 2.78. The molecule has 0 aromatic rings. The summed E-state index contributed by atoms with van der Waals surface area (Å²) in [5.41, 5.74) is 0.0150. The van der Waals surface area contributed by atoms with E-state index in [2.05, 4.69) is 15.9 Å². The highest BCUT2D eigenvalue weighted by molar-refractivity contribution is 9.10. The standard InChI is InChI=1S/C6H6BrCl3/c7-5-1-4(2-5,3-5)6(8,9)10/h1-3H2. The van der Waals surface area contributed by atoms with Crippen molar-refractivity contribution in [2.75, 3.05) is 0 Å². The molecule has 0 radical (unpaired) electrons. The van der Waals surface area contributed by atoms with E-state index in [1.54, 1.807) is 0 Å². The van der Waals surface area contributed by atoms with Crippen LogP contribution in [0, 0.1) is 5.41 Å². The molecule has 0 aromatic carbocycles. The van der Waals surface area contributed by atoms with Crippen molar-refractivity contribution in [2.45, 2.75) is 27.4 Å². The molecular weight excluding hydrogens is 258 g/mol. The van der Waals surface area contributed by atoms with Gasteiger partial charge in [-0.15, -0.1) is 0 Å². The lowest BCUT2D eigenvalue weighted by atomic mass is 9.45. The van der Waals surface area contributed by atoms with Gasteiger partial charge in [-0.1, -0.05) is 50.7 Å². The molecule has 0 amide bonds. The molecule has 0 aliphatic heterocycles. The zero-order valence-electron chi connectivity index (χ0n) is 5.13. The summed E-state index contributed by atoms with van der Waals surface area (Å²) in [6.45, 7) is 0. The van der Waals surface area contributed by atoms with E-state index in [9.17, 15) is 0 Å². The summed E-state index contributed by atoms with van der Waals surface area (Å²) in [6.07, 6.45) is 3.07. The quantitative estimate of drug-likeness (QED) is 0.586. The molecule has 0 N–H and O–H groups in total. The third-order valence-corrected chi connectivity index (χ3v) is 4.61. The molecule has 0 heterocycles. The number of rotatable bonds is 0. The number of hydrogen-bond donors (Lipinski definition) is 0. The molecular formula is C6H6BrCl3. The van der Waals surface area contributed by atoms with E-state index in [0.29, 0.717) is 4.32 Å². The molecule has 0 spiro atoms. The summed E-state index contributed by atoms with van der Waals surface area (Å²) in [5, 5.41) is 0. The number of halogens is 4. The summed E-state index contributed by atoms with van der Waals surface area (Å²) in [5.74, 6) is 0. The monoisotopic (exact) mass is 262 g/mol. The van der Waals surface area contributed by atoms with Crippen LogP contribution in [0.2, 0.25) is 0 Å². The van der Waals surface area contributed by atoms with E-state index in [4.69, 9.17) is 34.8 Å². The lowest BCUT2D eigenvalue weighted by Gasteiger charge is -2.70.